The van der Waals surface area contributed by atoms with E-state index in [1.54, 1.807) is 0 Å². The summed E-state index contributed by atoms with van der Waals surface area (Å²) >= 11 is 0. The first kappa shape index (κ1) is 20.5. The van der Waals surface area contributed by atoms with Crippen LogP contribution in [0.1, 0.15) is 46.0 Å². The van der Waals surface area contributed by atoms with Gasteiger partial charge in [0.1, 0.15) is 6.04 Å². The maximum atomic E-state index is 12.8. The van der Waals surface area contributed by atoms with Crippen LogP contribution in [-0.4, -0.2) is 55.1 Å². The average molecular weight is 387 g/mol. The highest BCUT2D eigenvalue weighted by molar-refractivity contribution is 5.87. The van der Waals surface area contributed by atoms with Gasteiger partial charge in [-0.3, -0.25) is 4.79 Å². The van der Waals surface area contributed by atoms with Crippen LogP contribution in [0.5, 0.6) is 0 Å². The number of amides is 3. The number of anilines is 1. The number of para-hydroxylation sites is 1. The minimum atomic E-state index is -0.485. The Morgan fingerprint density at radius 1 is 0.964 bits per heavy atom. The van der Waals surface area contributed by atoms with Gasteiger partial charge in [-0.1, -0.05) is 51.3 Å². The zero-order chi connectivity index (χ0) is 19.9. The van der Waals surface area contributed by atoms with Crippen molar-refractivity contribution >= 4 is 17.6 Å². The maximum absolute atomic E-state index is 12.8. The predicted octanol–water partition coefficient (Wildman–Crippen LogP) is 2.99. The Morgan fingerprint density at radius 3 is 2.21 bits per heavy atom. The van der Waals surface area contributed by atoms with Crippen LogP contribution in [0.4, 0.5) is 10.5 Å². The molecule has 6 nitrogen and oxygen atoms in total. The monoisotopic (exact) mass is 386 g/mol. The van der Waals surface area contributed by atoms with Crippen molar-refractivity contribution < 1.29 is 9.59 Å². The Kier molecular flexibility index (Phi) is 7.18. The summed E-state index contributed by atoms with van der Waals surface area (Å²) in [5.74, 6) is 0.0105. The number of carbonyl (C=O) groups excluding carboxylic acids is 2. The first-order chi connectivity index (χ1) is 13.5. The third-order valence-corrected chi connectivity index (χ3v) is 5.87. The SMILES string of the molecule is CC(C)C(NC(=O)N1CCN(c2ccccc2)CC1)C(=O)NC1CCCCC1. The molecule has 1 atom stereocenters. The lowest BCUT2D eigenvalue weighted by molar-refractivity contribution is -0.124. The molecule has 1 saturated heterocycles. The highest BCUT2D eigenvalue weighted by atomic mass is 16.2. The van der Waals surface area contributed by atoms with E-state index >= 15 is 0 Å². The highest BCUT2D eigenvalue weighted by Gasteiger charge is 2.29. The van der Waals surface area contributed by atoms with Crippen molar-refractivity contribution in [3.63, 3.8) is 0 Å². The number of carbonyl (C=O) groups is 2. The molecule has 0 radical (unpaired) electrons. The molecule has 1 heterocycles. The molecule has 1 aliphatic heterocycles. The number of hydrogen-bond acceptors (Lipinski definition) is 3. The Balaban J connectivity index is 1.50. The zero-order valence-electron chi connectivity index (χ0n) is 17.2. The predicted molar refractivity (Wildman–Crippen MR) is 112 cm³/mol. The molecule has 1 saturated carbocycles. The summed E-state index contributed by atoms with van der Waals surface area (Å²) in [6, 6.07) is 9.91. The van der Waals surface area contributed by atoms with Crippen LogP contribution in [0.2, 0.25) is 0 Å². The van der Waals surface area contributed by atoms with E-state index in [1.807, 2.05) is 36.9 Å². The molecule has 1 aliphatic carbocycles. The van der Waals surface area contributed by atoms with Gasteiger partial charge in [0, 0.05) is 37.9 Å². The van der Waals surface area contributed by atoms with Crippen LogP contribution in [0, 0.1) is 5.92 Å². The molecule has 0 aromatic heterocycles. The summed E-state index contributed by atoms with van der Waals surface area (Å²) in [6.45, 7) is 6.90. The first-order valence-electron chi connectivity index (χ1n) is 10.7. The summed E-state index contributed by atoms with van der Waals surface area (Å²) in [7, 11) is 0. The van der Waals surface area contributed by atoms with E-state index < -0.39 is 6.04 Å². The molecule has 2 N–H and O–H groups in total. The molecule has 0 bridgehead atoms. The molecule has 1 aromatic carbocycles. The quantitative estimate of drug-likeness (QED) is 0.818. The van der Waals surface area contributed by atoms with Gasteiger partial charge in [-0.05, 0) is 30.9 Å². The summed E-state index contributed by atoms with van der Waals surface area (Å²) in [5.41, 5.74) is 1.19. The minimum Gasteiger partial charge on any atom is -0.368 e. The smallest absolute Gasteiger partial charge is 0.318 e. The number of nitrogens with one attached hydrogen (secondary N) is 2. The Labute approximate surface area is 168 Å². The lowest BCUT2D eigenvalue weighted by Crippen LogP contribution is -2.58. The molecule has 28 heavy (non-hydrogen) atoms. The lowest BCUT2D eigenvalue weighted by atomic mass is 9.94. The number of hydrogen-bond donors (Lipinski definition) is 2. The van der Waals surface area contributed by atoms with Gasteiger partial charge >= 0.3 is 6.03 Å². The van der Waals surface area contributed by atoms with E-state index in [4.69, 9.17) is 0 Å². The fourth-order valence-corrected chi connectivity index (χ4v) is 4.10. The van der Waals surface area contributed by atoms with Crippen LogP contribution in [-0.2, 0) is 4.79 Å². The molecular weight excluding hydrogens is 352 g/mol. The van der Waals surface area contributed by atoms with Gasteiger partial charge in [-0.25, -0.2) is 4.79 Å². The number of piperazine rings is 1. The number of rotatable bonds is 5. The Hall–Kier alpha value is -2.24. The van der Waals surface area contributed by atoms with Crippen LogP contribution in [0.3, 0.4) is 0 Å². The molecule has 3 amide bonds. The molecule has 0 spiro atoms. The Morgan fingerprint density at radius 2 is 1.61 bits per heavy atom. The molecule has 6 heteroatoms. The van der Waals surface area contributed by atoms with Crippen LogP contribution >= 0.6 is 0 Å². The van der Waals surface area contributed by atoms with Crippen LogP contribution < -0.4 is 15.5 Å². The molecule has 1 unspecified atom stereocenters. The second-order valence-electron chi connectivity index (χ2n) is 8.32. The molecule has 2 aliphatic rings. The number of benzene rings is 1. The van der Waals surface area contributed by atoms with Crippen molar-refractivity contribution in [2.45, 2.75) is 58.0 Å². The molecular formula is C22H34N4O2. The Bertz CT molecular complexity index is 635. The van der Waals surface area contributed by atoms with Crippen LogP contribution in [0.15, 0.2) is 30.3 Å². The standard InChI is InChI=1S/C22H34N4O2/c1-17(2)20(21(27)23-18-9-5-3-6-10-18)24-22(28)26-15-13-25(14-16-26)19-11-7-4-8-12-19/h4,7-8,11-12,17-18,20H,3,5-6,9-10,13-16H2,1-2H3,(H,23,27)(H,24,28). The fraction of sp³-hybridized carbons (Fsp3) is 0.636. The van der Waals surface area contributed by atoms with Gasteiger partial charge in [0.05, 0.1) is 0 Å². The van der Waals surface area contributed by atoms with Gasteiger partial charge in [0.15, 0.2) is 0 Å². The van der Waals surface area contributed by atoms with E-state index in [1.165, 1.54) is 24.9 Å². The molecule has 154 valence electrons. The van der Waals surface area contributed by atoms with Crippen LogP contribution in [0.25, 0.3) is 0 Å². The van der Waals surface area contributed by atoms with Crippen molar-refractivity contribution in [3.8, 4) is 0 Å². The molecule has 3 rings (SSSR count). The van der Waals surface area contributed by atoms with E-state index in [0.717, 1.165) is 25.9 Å². The normalized spacial score (nSPS) is 19.4. The third-order valence-electron chi connectivity index (χ3n) is 5.87. The van der Waals surface area contributed by atoms with Gasteiger partial charge in [-0.15, -0.1) is 0 Å². The number of nitrogens with zero attached hydrogens (tertiary/aromatic N) is 2. The largest absolute Gasteiger partial charge is 0.368 e. The van der Waals surface area contributed by atoms with Gasteiger partial charge in [0.2, 0.25) is 5.91 Å². The summed E-state index contributed by atoms with van der Waals surface area (Å²) in [4.78, 5) is 29.6. The van der Waals surface area contributed by atoms with Crippen molar-refractivity contribution in [3.05, 3.63) is 30.3 Å². The summed E-state index contributed by atoms with van der Waals surface area (Å²) < 4.78 is 0. The molecule has 1 aromatic rings. The zero-order valence-corrected chi connectivity index (χ0v) is 17.2. The van der Waals surface area contributed by atoms with Crippen molar-refractivity contribution in [1.29, 1.82) is 0 Å². The van der Waals surface area contributed by atoms with E-state index in [2.05, 4.69) is 27.7 Å². The fourth-order valence-electron chi connectivity index (χ4n) is 4.10. The number of urea groups is 1. The maximum Gasteiger partial charge on any atom is 0.318 e. The summed E-state index contributed by atoms with van der Waals surface area (Å²) in [5, 5.41) is 6.14. The van der Waals surface area contributed by atoms with Crippen molar-refractivity contribution in [2.75, 3.05) is 31.1 Å². The third kappa shape index (κ3) is 5.40. The highest BCUT2D eigenvalue weighted by Crippen LogP contribution is 2.18. The average Bonchev–Trinajstić information content (AvgIpc) is 2.73. The lowest BCUT2D eigenvalue weighted by Gasteiger charge is -2.37. The second kappa shape index (κ2) is 9.80. The second-order valence-corrected chi connectivity index (χ2v) is 8.32. The van der Waals surface area contributed by atoms with Crippen molar-refractivity contribution in [2.24, 2.45) is 5.92 Å². The first-order valence-corrected chi connectivity index (χ1v) is 10.7. The topological polar surface area (TPSA) is 64.7 Å². The van der Waals surface area contributed by atoms with Gasteiger partial charge in [-0.2, -0.15) is 0 Å². The minimum absolute atomic E-state index is 0.0434. The van der Waals surface area contributed by atoms with E-state index in [0.29, 0.717) is 13.1 Å². The van der Waals surface area contributed by atoms with E-state index in [9.17, 15) is 9.59 Å². The van der Waals surface area contributed by atoms with Gasteiger partial charge < -0.3 is 20.4 Å². The van der Waals surface area contributed by atoms with E-state index in [-0.39, 0.29) is 23.9 Å². The molecule has 2 fully saturated rings. The van der Waals surface area contributed by atoms with Crippen molar-refractivity contribution in [1.82, 2.24) is 15.5 Å². The van der Waals surface area contributed by atoms with Gasteiger partial charge in [0.25, 0.3) is 0 Å². The summed E-state index contributed by atoms with van der Waals surface area (Å²) in [6.07, 6.45) is 5.70.